The van der Waals surface area contributed by atoms with Crippen molar-refractivity contribution < 1.29 is 19.1 Å². The second-order valence-electron chi connectivity index (χ2n) is 9.96. The van der Waals surface area contributed by atoms with Crippen LogP contribution in [0.5, 0.6) is 0 Å². The number of esters is 1. The molecule has 5 rings (SSSR count). The zero-order chi connectivity index (χ0) is 28.6. The van der Waals surface area contributed by atoms with Crippen LogP contribution in [0.4, 0.5) is 10.5 Å². The maximum Gasteiger partial charge on any atom is 0.412 e. The Morgan fingerprint density at radius 3 is 2.35 bits per heavy atom. The number of nitrogens with one attached hydrogen (secondary N) is 1. The first kappa shape index (κ1) is 28.1. The normalized spacial score (nSPS) is 14.3. The van der Waals surface area contributed by atoms with Crippen molar-refractivity contribution >= 4 is 52.5 Å². The fourth-order valence-electron chi connectivity index (χ4n) is 4.93. The number of halogens is 2. The number of hydrogen-bond acceptors (Lipinski definition) is 6. The van der Waals surface area contributed by atoms with E-state index in [2.05, 4.69) is 9.69 Å². The maximum absolute atomic E-state index is 12.8. The predicted octanol–water partition coefficient (Wildman–Crippen LogP) is 8.92. The minimum atomic E-state index is -0.609. The summed E-state index contributed by atoms with van der Waals surface area (Å²) in [7, 11) is 1.43. The van der Waals surface area contributed by atoms with Gasteiger partial charge >= 0.3 is 12.1 Å². The number of carbonyl (C=O) groups excluding carboxylic acids is 2. The van der Waals surface area contributed by atoms with E-state index in [1.807, 2.05) is 68.4 Å². The molecule has 0 spiro atoms. The number of carbonyl (C=O) groups is 2. The lowest BCUT2D eigenvalue weighted by Gasteiger charge is -2.17. The van der Waals surface area contributed by atoms with E-state index in [4.69, 9.17) is 32.7 Å². The van der Waals surface area contributed by atoms with Gasteiger partial charge in [-0.25, -0.2) is 4.79 Å². The number of aryl methyl sites for hydroxylation is 2. The largest absolute Gasteiger partial charge is 0.468 e. The molecule has 1 heterocycles. The molecule has 6 nitrogen and oxygen atoms in total. The Morgan fingerprint density at radius 1 is 1.00 bits per heavy atom. The summed E-state index contributed by atoms with van der Waals surface area (Å²) in [5, 5.41) is 3.92. The molecule has 1 atom stereocenters. The average Bonchev–Trinajstić information content (AvgIpc) is 3.68. The van der Waals surface area contributed by atoms with Crippen LogP contribution < -0.4 is 5.32 Å². The first-order valence-electron chi connectivity index (χ1n) is 12.8. The maximum atomic E-state index is 12.8. The monoisotopic (exact) mass is 594 g/mol. The molecule has 1 aliphatic rings. The summed E-state index contributed by atoms with van der Waals surface area (Å²) in [6.45, 7) is 5.61. The van der Waals surface area contributed by atoms with E-state index in [0.717, 1.165) is 51.1 Å². The summed E-state index contributed by atoms with van der Waals surface area (Å²) in [5.41, 5.74) is 6.14. The topological polar surface area (TPSA) is 77.5 Å². The van der Waals surface area contributed by atoms with Gasteiger partial charge in [0.25, 0.3) is 0 Å². The van der Waals surface area contributed by atoms with Gasteiger partial charge in [-0.15, -0.1) is 0 Å². The van der Waals surface area contributed by atoms with Crippen LogP contribution in [0.15, 0.2) is 60.7 Å². The highest BCUT2D eigenvalue weighted by molar-refractivity contribution is 7.10. The zero-order valence-corrected chi connectivity index (χ0v) is 24.8. The lowest BCUT2D eigenvalue weighted by molar-refractivity contribution is -0.143. The summed E-state index contributed by atoms with van der Waals surface area (Å²) in [4.78, 5) is 25.8. The van der Waals surface area contributed by atoms with Crippen LogP contribution in [-0.2, 0) is 19.7 Å². The summed E-state index contributed by atoms with van der Waals surface area (Å²) >= 11 is 14.3. The molecule has 9 heteroatoms. The second kappa shape index (κ2) is 11.2. The molecule has 0 radical (unpaired) electrons. The number of ether oxygens (including phenoxy) is 2. The summed E-state index contributed by atoms with van der Waals surface area (Å²) in [5.74, 6) is -0.185. The molecule has 40 heavy (non-hydrogen) atoms. The van der Waals surface area contributed by atoms with Crippen LogP contribution in [0.2, 0.25) is 10.0 Å². The van der Waals surface area contributed by atoms with Gasteiger partial charge in [0.15, 0.2) is 0 Å². The SMILES string of the molecule is COC(=O)C1(c2ccc(-c3cc(Cl)c(-c4snc(C)c4NC(=O)OC(C)c4ccccc4Cl)cc3C)cc2)CC1. The molecule has 1 N–H and O–H groups in total. The Labute approximate surface area is 247 Å². The number of benzene rings is 3. The van der Waals surface area contributed by atoms with Crippen LogP contribution in [0.1, 0.15) is 48.3 Å². The van der Waals surface area contributed by atoms with Gasteiger partial charge in [-0.3, -0.25) is 10.1 Å². The van der Waals surface area contributed by atoms with Crippen molar-refractivity contribution in [2.45, 2.75) is 45.1 Å². The van der Waals surface area contributed by atoms with E-state index in [-0.39, 0.29) is 5.97 Å². The Kier molecular flexibility index (Phi) is 7.91. The molecule has 1 saturated carbocycles. The molecule has 0 saturated heterocycles. The fraction of sp³-hybridized carbons (Fsp3) is 0.258. The molecule has 4 aromatic rings. The van der Waals surface area contributed by atoms with Crippen molar-refractivity contribution in [3.63, 3.8) is 0 Å². The van der Waals surface area contributed by atoms with E-state index in [1.54, 1.807) is 13.0 Å². The number of rotatable bonds is 7. The van der Waals surface area contributed by atoms with Crippen LogP contribution in [0.3, 0.4) is 0 Å². The van der Waals surface area contributed by atoms with Crippen LogP contribution >= 0.6 is 34.7 Å². The molecule has 1 unspecified atom stereocenters. The smallest absolute Gasteiger partial charge is 0.412 e. The molecule has 1 aromatic heterocycles. The van der Waals surface area contributed by atoms with Crippen molar-refractivity contribution in [3.8, 4) is 21.6 Å². The molecule has 206 valence electrons. The first-order valence-corrected chi connectivity index (χ1v) is 14.4. The van der Waals surface area contributed by atoms with Gasteiger partial charge in [0.2, 0.25) is 0 Å². The lowest BCUT2D eigenvalue weighted by Crippen LogP contribution is -2.21. The number of hydrogen-bond donors (Lipinski definition) is 1. The van der Waals surface area contributed by atoms with Crippen LogP contribution in [0, 0.1) is 13.8 Å². The molecular weight excluding hydrogens is 567 g/mol. The molecule has 0 bridgehead atoms. The molecular formula is C31H28Cl2N2O4S. The van der Waals surface area contributed by atoms with Crippen molar-refractivity contribution in [1.29, 1.82) is 0 Å². The van der Waals surface area contributed by atoms with Crippen LogP contribution in [-0.4, -0.2) is 23.5 Å². The summed E-state index contributed by atoms with van der Waals surface area (Å²) in [6, 6.07) is 19.2. The highest BCUT2D eigenvalue weighted by atomic mass is 35.5. The zero-order valence-electron chi connectivity index (χ0n) is 22.5. The number of nitrogens with zero attached hydrogens (tertiary/aromatic N) is 1. The minimum absolute atomic E-state index is 0.185. The average molecular weight is 596 g/mol. The van der Waals surface area contributed by atoms with E-state index in [1.165, 1.54) is 18.6 Å². The quantitative estimate of drug-likeness (QED) is 0.216. The summed E-state index contributed by atoms with van der Waals surface area (Å²) < 4.78 is 15.1. The summed E-state index contributed by atoms with van der Waals surface area (Å²) in [6.07, 6.45) is 0.454. The third kappa shape index (κ3) is 5.33. The molecule has 1 aliphatic carbocycles. The minimum Gasteiger partial charge on any atom is -0.468 e. The standard InChI is InChI=1S/C31H28Cl2N2O4S/c1-17-15-24(26(33)16-23(17)20-9-11-21(12-10-20)31(13-14-31)29(36)38-4)28-27(18(2)35-40-28)34-30(37)39-19(3)22-7-5-6-8-25(22)32/h5-12,15-16,19H,13-14H2,1-4H3,(H,34,37). The van der Waals surface area contributed by atoms with Gasteiger partial charge < -0.3 is 9.47 Å². The Balaban J connectivity index is 1.38. The van der Waals surface area contributed by atoms with Crippen molar-refractivity contribution in [1.82, 2.24) is 4.37 Å². The lowest BCUT2D eigenvalue weighted by atomic mass is 9.92. The number of methoxy groups -OCH3 is 1. The first-order chi connectivity index (χ1) is 19.1. The van der Waals surface area contributed by atoms with E-state index >= 15 is 0 Å². The highest BCUT2D eigenvalue weighted by Gasteiger charge is 2.52. The Hall–Kier alpha value is -3.39. The Bertz CT molecular complexity index is 1600. The van der Waals surface area contributed by atoms with Gasteiger partial charge in [0.1, 0.15) is 6.10 Å². The third-order valence-electron chi connectivity index (χ3n) is 7.35. The molecule has 0 aliphatic heterocycles. The highest BCUT2D eigenvalue weighted by Crippen LogP contribution is 2.49. The third-order valence-corrected chi connectivity index (χ3v) is 8.98. The van der Waals surface area contributed by atoms with E-state index < -0.39 is 17.6 Å². The van der Waals surface area contributed by atoms with Crippen LogP contribution in [0.25, 0.3) is 21.6 Å². The van der Waals surface area contributed by atoms with Crippen molar-refractivity contribution in [2.24, 2.45) is 0 Å². The van der Waals surface area contributed by atoms with Gasteiger partial charge in [0.05, 0.1) is 28.8 Å². The van der Waals surface area contributed by atoms with Gasteiger partial charge in [-0.1, -0.05) is 65.7 Å². The molecule has 1 fully saturated rings. The fourth-order valence-corrected chi connectivity index (χ4v) is 6.41. The van der Waals surface area contributed by atoms with E-state index in [0.29, 0.717) is 21.4 Å². The number of amides is 1. The van der Waals surface area contributed by atoms with Crippen molar-refractivity contribution in [3.05, 3.63) is 93.1 Å². The van der Waals surface area contributed by atoms with Gasteiger partial charge in [-0.2, -0.15) is 4.37 Å². The van der Waals surface area contributed by atoms with Crippen molar-refractivity contribution in [2.75, 3.05) is 12.4 Å². The second-order valence-corrected chi connectivity index (χ2v) is 11.6. The predicted molar refractivity (Wildman–Crippen MR) is 160 cm³/mol. The van der Waals surface area contributed by atoms with Gasteiger partial charge in [-0.05, 0) is 85.6 Å². The number of anilines is 1. The van der Waals surface area contributed by atoms with E-state index in [9.17, 15) is 9.59 Å². The van der Waals surface area contributed by atoms with Gasteiger partial charge in [0, 0.05) is 21.2 Å². The molecule has 3 aromatic carbocycles. The number of aromatic nitrogens is 1. The Morgan fingerprint density at radius 2 is 1.70 bits per heavy atom. The molecule has 1 amide bonds.